The first-order valence-electron chi connectivity index (χ1n) is 13.7. The molecule has 0 unspecified atom stereocenters. The number of nitrogens with one attached hydrogen (secondary N) is 1. The number of halogens is 1. The maximum Gasteiger partial charge on any atom is 0.271 e. The Kier molecular flexibility index (Phi) is 8.34. The maximum absolute atomic E-state index is 13.3. The van der Waals surface area contributed by atoms with Crippen molar-refractivity contribution in [3.05, 3.63) is 100 Å². The van der Waals surface area contributed by atoms with Crippen LogP contribution in [0.15, 0.2) is 72.8 Å². The van der Waals surface area contributed by atoms with Crippen molar-refractivity contribution in [1.29, 1.82) is 0 Å². The van der Waals surface area contributed by atoms with Crippen molar-refractivity contribution in [3.8, 4) is 17.1 Å². The largest absolute Gasteiger partial charge is 0.369 e. The van der Waals surface area contributed by atoms with Gasteiger partial charge in [0.1, 0.15) is 11.5 Å². The first-order chi connectivity index (χ1) is 18.9. The number of hydrogen-bond donors (Lipinski definition) is 1. The van der Waals surface area contributed by atoms with E-state index in [4.69, 9.17) is 16.6 Å². The molecule has 1 aliphatic heterocycles. The number of benzene rings is 3. The first kappa shape index (κ1) is 27.0. The molecule has 5 rings (SSSR count). The third-order valence-electron chi connectivity index (χ3n) is 7.60. The van der Waals surface area contributed by atoms with Gasteiger partial charge in [0, 0.05) is 49.0 Å². The van der Waals surface area contributed by atoms with Crippen LogP contribution in [0.5, 0.6) is 0 Å². The van der Waals surface area contributed by atoms with E-state index >= 15 is 0 Å². The van der Waals surface area contributed by atoms with Gasteiger partial charge in [0.05, 0.1) is 11.4 Å². The molecule has 0 saturated carbocycles. The Morgan fingerprint density at radius 1 is 0.872 bits per heavy atom. The molecule has 0 radical (unpaired) electrons. The molecule has 6 nitrogen and oxygen atoms in total. The highest BCUT2D eigenvalue weighted by Crippen LogP contribution is 2.29. The van der Waals surface area contributed by atoms with Crippen molar-refractivity contribution in [2.24, 2.45) is 0 Å². The zero-order valence-corrected chi connectivity index (χ0v) is 23.7. The lowest BCUT2D eigenvalue weighted by atomic mass is 10.1. The number of carbonyl (C=O) groups excluding carboxylic acids is 1. The van der Waals surface area contributed by atoms with Gasteiger partial charge in [0.15, 0.2) is 0 Å². The van der Waals surface area contributed by atoms with Gasteiger partial charge < -0.3 is 10.2 Å². The molecule has 39 heavy (non-hydrogen) atoms. The van der Waals surface area contributed by atoms with E-state index in [2.05, 4.69) is 51.7 Å². The van der Waals surface area contributed by atoms with E-state index in [0.29, 0.717) is 12.2 Å². The molecule has 1 amide bonds. The number of carbonyl (C=O) groups is 1. The number of imidazole rings is 1. The third-order valence-corrected chi connectivity index (χ3v) is 8.01. The van der Waals surface area contributed by atoms with Crippen LogP contribution in [0.25, 0.3) is 17.1 Å². The van der Waals surface area contributed by atoms with Gasteiger partial charge in [0.2, 0.25) is 0 Å². The summed E-state index contributed by atoms with van der Waals surface area (Å²) in [5.74, 6) is 0.652. The van der Waals surface area contributed by atoms with Crippen LogP contribution < -0.4 is 10.2 Å². The number of anilines is 1. The monoisotopic (exact) mass is 541 g/mol. The smallest absolute Gasteiger partial charge is 0.271 e. The van der Waals surface area contributed by atoms with Crippen LogP contribution >= 0.6 is 11.6 Å². The summed E-state index contributed by atoms with van der Waals surface area (Å²) in [6.45, 7) is 11.7. The summed E-state index contributed by atoms with van der Waals surface area (Å²) in [5.41, 5.74) is 6.83. The second kappa shape index (κ2) is 12.1. The number of piperazine rings is 1. The lowest BCUT2D eigenvalue weighted by Crippen LogP contribution is -2.47. The van der Waals surface area contributed by atoms with Gasteiger partial charge in [-0.2, -0.15) is 0 Å². The Bertz CT molecular complexity index is 1440. The van der Waals surface area contributed by atoms with Crippen molar-refractivity contribution < 1.29 is 4.79 Å². The minimum atomic E-state index is -0.127. The fourth-order valence-corrected chi connectivity index (χ4v) is 5.52. The number of rotatable bonds is 8. The van der Waals surface area contributed by atoms with Gasteiger partial charge in [-0.1, -0.05) is 66.2 Å². The zero-order valence-electron chi connectivity index (χ0n) is 23.0. The lowest BCUT2D eigenvalue weighted by Gasteiger charge is -2.37. The molecular formula is C32H36ClN5O. The summed E-state index contributed by atoms with van der Waals surface area (Å²) in [7, 11) is 0. The Labute approximate surface area is 236 Å². The van der Waals surface area contributed by atoms with E-state index in [1.54, 1.807) is 0 Å². The molecule has 7 heteroatoms. The molecule has 4 aromatic rings. The zero-order chi connectivity index (χ0) is 27.4. The van der Waals surface area contributed by atoms with E-state index in [0.717, 1.165) is 78.1 Å². The second-order valence-corrected chi connectivity index (χ2v) is 10.6. The number of amides is 1. The minimum Gasteiger partial charge on any atom is -0.369 e. The van der Waals surface area contributed by atoms with Crippen LogP contribution in [0.1, 0.15) is 33.7 Å². The Hall–Kier alpha value is -3.61. The number of aromatic nitrogens is 2. The molecule has 1 fully saturated rings. The molecule has 202 valence electrons. The van der Waals surface area contributed by atoms with Crippen LogP contribution in [-0.2, 0) is 0 Å². The predicted octanol–water partition coefficient (Wildman–Crippen LogP) is 6.06. The van der Waals surface area contributed by atoms with E-state index in [-0.39, 0.29) is 5.91 Å². The van der Waals surface area contributed by atoms with E-state index in [9.17, 15) is 4.79 Å². The molecule has 1 aliphatic rings. The van der Waals surface area contributed by atoms with E-state index in [1.807, 2.05) is 61.5 Å². The van der Waals surface area contributed by atoms with Crippen molar-refractivity contribution in [2.45, 2.75) is 27.2 Å². The molecule has 3 aromatic carbocycles. The van der Waals surface area contributed by atoms with Gasteiger partial charge in [-0.15, -0.1) is 0 Å². The predicted molar refractivity (Wildman–Crippen MR) is 160 cm³/mol. The summed E-state index contributed by atoms with van der Waals surface area (Å²) in [4.78, 5) is 23.0. The molecule has 1 saturated heterocycles. The number of para-hydroxylation sites is 1. The normalized spacial score (nSPS) is 14.0. The highest BCUT2D eigenvalue weighted by Gasteiger charge is 2.23. The highest BCUT2D eigenvalue weighted by atomic mass is 35.5. The molecule has 0 bridgehead atoms. The summed E-state index contributed by atoms with van der Waals surface area (Å²) < 4.78 is 2.10. The SMILES string of the molecule is Cc1ccccc1-n1c(-c2ccccc2)nc(C(=O)NCCCN2CCN(c3cccc(Cl)c3C)CC2)c1C. The standard InChI is InChI=1S/C32H36ClN5O/c1-23-11-7-8-15-28(23)38-25(3)30(35-31(38)26-12-5-4-6-13-26)32(39)34-17-10-18-36-19-21-37(22-20-36)29-16-9-14-27(33)24(29)2/h4-9,11-16H,10,17-22H2,1-3H3,(H,34,39). The van der Waals surface area contributed by atoms with Crippen LogP contribution in [0.2, 0.25) is 5.02 Å². The van der Waals surface area contributed by atoms with Gasteiger partial charge >= 0.3 is 0 Å². The molecule has 0 atom stereocenters. The van der Waals surface area contributed by atoms with E-state index in [1.165, 1.54) is 5.69 Å². The maximum atomic E-state index is 13.3. The molecular weight excluding hydrogens is 506 g/mol. The fraction of sp³-hybridized carbons (Fsp3) is 0.312. The van der Waals surface area contributed by atoms with Crippen LogP contribution in [0.4, 0.5) is 5.69 Å². The summed E-state index contributed by atoms with van der Waals surface area (Å²) in [5, 5.41) is 3.94. The van der Waals surface area contributed by atoms with Crippen molar-refractivity contribution >= 4 is 23.2 Å². The Morgan fingerprint density at radius 2 is 1.56 bits per heavy atom. The molecule has 2 heterocycles. The van der Waals surface area contributed by atoms with Crippen molar-refractivity contribution in [3.63, 3.8) is 0 Å². The molecule has 1 aromatic heterocycles. The minimum absolute atomic E-state index is 0.127. The van der Waals surface area contributed by atoms with E-state index < -0.39 is 0 Å². The van der Waals surface area contributed by atoms with Crippen LogP contribution in [0.3, 0.4) is 0 Å². The number of aryl methyl sites for hydroxylation is 1. The van der Waals surface area contributed by atoms with Crippen molar-refractivity contribution in [2.75, 3.05) is 44.2 Å². The summed E-state index contributed by atoms with van der Waals surface area (Å²) >= 11 is 6.33. The van der Waals surface area contributed by atoms with Gasteiger partial charge in [-0.3, -0.25) is 14.3 Å². The van der Waals surface area contributed by atoms with Gasteiger partial charge in [0.25, 0.3) is 5.91 Å². The third kappa shape index (κ3) is 5.87. The first-order valence-corrected chi connectivity index (χ1v) is 14.0. The average Bonchev–Trinajstić information content (AvgIpc) is 3.30. The second-order valence-electron chi connectivity index (χ2n) is 10.2. The fourth-order valence-electron chi connectivity index (χ4n) is 5.35. The lowest BCUT2D eigenvalue weighted by molar-refractivity contribution is 0.0946. The van der Waals surface area contributed by atoms with Gasteiger partial charge in [-0.25, -0.2) is 4.98 Å². The quantitative estimate of drug-likeness (QED) is 0.275. The highest BCUT2D eigenvalue weighted by molar-refractivity contribution is 6.31. The number of nitrogens with zero attached hydrogens (tertiary/aromatic N) is 4. The topological polar surface area (TPSA) is 53.4 Å². The molecule has 0 spiro atoms. The Balaban J connectivity index is 1.20. The Morgan fingerprint density at radius 3 is 2.31 bits per heavy atom. The molecule has 1 N–H and O–H groups in total. The number of hydrogen-bond acceptors (Lipinski definition) is 4. The molecule has 0 aliphatic carbocycles. The summed E-state index contributed by atoms with van der Waals surface area (Å²) in [6, 6.07) is 24.4. The van der Waals surface area contributed by atoms with Crippen LogP contribution in [-0.4, -0.2) is 59.6 Å². The van der Waals surface area contributed by atoms with Crippen LogP contribution in [0, 0.1) is 20.8 Å². The van der Waals surface area contributed by atoms with Gasteiger partial charge in [-0.05, 0) is 63.1 Å². The summed E-state index contributed by atoms with van der Waals surface area (Å²) in [6.07, 6.45) is 0.894. The average molecular weight is 542 g/mol. The van der Waals surface area contributed by atoms with Crippen molar-refractivity contribution in [1.82, 2.24) is 19.8 Å².